The predicted octanol–water partition coefficient (Wildman–Crippen LogP) is 1.43. The maximum absolute atomic E-state index is 8.59. The van der Waals surface area contributed by atoms with E-state index < -0.39 is 6.29 Å². The van der Waals surface area contributed by atoms with E-state index in [4.69, 9.17) is 10.2 Å². The molecule has 0 aromatic carbocycles. The summed E-state index contributed by atoms with van der Waals surface area (Å²) in [6, 6.07) is 0. The summed E-state index contributed by atoms with van der Waals surface area (Å²) in [6.45, 7) is 6.00. The molecule has 2 heteroatoms. The Labute approximate surface area is 62.2 Å². The number of hydrogen-bond acceptors (Lipinski definition) is 2. The van der Waals surface area contributed by atoms with E-state index in [1.807, 2.05) is 13.8 Å². The van der Waals surface area contributed by atoms with Crippen molar-refractivity contribution in [2.24, 2.45) is 0 Å². The Hall–Kier alpha value is -0.340. The molecule has 10 heavy (non-hydrogen) atoms. The molecule has 0 heterocycles. The lowest BCUT2D eigenvalue weighted by Crippen LogP contribution is -2.04. The van der Waals surface area contributed by atoms with Crippen molar-refractivity contribution in [3.05, 3.63) is 11.1 Å². The van der Waals surface area contributed by atoms with Gasteiger partial charge in [-0.3, -0.25) is 0 Å². The zero-order valence-corrected chi connectivity index (χ0v) is 6.89. The topological polar surface area (TPSA) is 40.5 Å². The molecule has 2 N–H and O–H groups in total. The lowest BCUT2D eigenvalue weighted by Gasteiger charge is -2.06. The highest BCUT2D eigenvalue weighted by molar-refractivity contribution is 5.08. The van der Waals surface area contributed by atoms with E-state index in [0.717, 1.165) is 12.0 Å². The van der Waals surface area contributed by atoms with Gasteiger partial charge < -0.3 is 10.2 Å². The van der Waals surface area contributed by atoms with Crippen molar-refractivity contribution in [2.45, 2.75) is 39.9 Å². The van der Waals surface area contributed by atoms with E-state index >= 15 is 0 Å². The fourth-order valence-electron chi connectivity index (χ4n) is 0.750. The fourth-order valence-corrected chi connectivity index (χ4v) is 0.750. The van der Waals surface area contributed by atoms with E-state index in [9.17, 15) is 0 Å². The highest BCUT2D eigenvalue weighted by Gasteiger charge is 2.00. The summed E-state index contributed by atoms with van der Waals surface area (Å²) in [5, 5.41) is 17.2. The number of rotatable bonds is 3. The van der Waals surface area contributed by atoms with E-state index in [1.165, 1.54) is 5.57 Å². The second-order valence-corrected chi connectivity index (χ2v) is 2.60. The molecule has 0 unspecified atom stereocenters. The minimum absolute atomic E-state index is 0.375. The molecule has 2 nitrogen and oxygen atoms in total. The van der Waals surface area contributed by atoms with Gasteiger partial charge in [0.1, 0.15) is 0 Å². The minimum Gasteiger partial charge on any atom is -0.368 e. The third kappa shape index (κ3) is 3.64. The number of aliphatic hydroxyl groups is 2. The van der Waals surface area contributed by atoms with Crippen LogP contribution in [0.25, 0.3) is 0 Å². The summed E-state index contributed by atoms with van der Waals surface area (Å²) in [4.78, 5) is 0. The Kier molecular flexibility index (Phi) is 4.32. The summed E-state index contributed by atoms with van der Waals surface area (Å²) in [6.07, 6.45) is 0.166. The van der Waals surface area contributed by atoms with E-state index in [0.29, 0.717) is 6.42 Å². The number of hydrogen-bond donors (Lipinski definition) is 2. The summed E-state index contributed by atoms with van der Waals surface area (Å²) < 4.78 is 0. The van der Waals surface area contributed by atoms with Crippen LogP contribution in [0.3, 0.4) is 0 Å². The zero-order valence-electron chi connectivity index (χ0n) is 6.89. The Balaban J connectivity index is 3.92. The van der Waals surface area contributed by atoms with Crippen molar-refractivity contribution in [3.63, 3.8) is 0 Å². The van der Waals surface area contributed by atoms with Crippen LogP contribution in [0, 0.1) is 0 Å². The molecule has 0 aliphatic carbocycles. The van der Waals surface area contributed by atoms with E-state index in [1.54, 1.807) is 0 Å². The van der Waals surface area contributed by atoms with Crippen LogP contribution in [0.1, 0.15) is 33.6 Å². The van der Waals surface area contributed by atoms with Crippen LogP contribution in [0.4, 0.5) is 0 Å². The third-order valence-corrected chi connectivity index (χ3v) is 1.75. The van der Waals surface area contributed by atoms with Crippen LogP contribution in [-0.4, -0.2) is 16.5 Å². The molecule has 0 aliphatic heterocycles. The quantitative estimate of drug-likeness (QED) is 0.464. The first-order valence-corrected chi connectivity index (χ1v) is 3.59. The molecule has 0 fully saturated rings. The maximum Gasteiger partial charge on any atom is 0.155 e. The van der Waals surface area contributed by atoms with Crippen LogP contribution < -0.4 is 0 Å². The summed E-state index contributed by atoms with van der Waals surface area (Å²) >= 11 is 0. The fraction of sp³-hybridized carbons (Fsp3) is 0.750. The molecular weight excluding hydrogens is 128 g/mol. The first-order chi connectivity index (χ1) is 4.57. The second-order valence-electron chi connectivity index (χ2n) is 2.60. The summed E-state index contributed by atoms with van der Waals surface area (Å²) in [5.74, 6) is 0. The maximum atomic E-state index is 8.59. The van der Waals surface area contributed by atoms with Gasteiger partial charge in [0.2, 0.25) is 0 Å². The molecule has 0 saturated carbocycles. The predicted molar refractivity (Wildman–Crippen MR) is 41.5 cm³/mol. The van der Waals surface area contributed by atoms with E-state index in [-0.39, 0.29) is 0 Å². The average Bonchev–Trinajstić information content (AvgIpc) is 1.85. The minimum atomic E-state index is -1.19. The van der Waals surface area contributed by atoms with Gasteiger partial charge in [-0.2, -0.15) is 0 Å². The molecule has 0 saturated heterocycles. The van der Waals surface area contributed by atoms with Crippen molar-refractivity contribution in [3.8, 4) is 0 Å². The lowest BCUT2D eigenvalue weighted by molar-refractivity contribution is -0.0382. The molecule has 0 bridgehead atoms. The standard InChI is InChI=1S/C8H16O2/c1-4-6(2)7(3)5-8(9)10/h8-10H,4-5H2,1-3H3/b7-6+. The van der Waals surface area contributed by atoms with Crippen LogP contribution in [-0.2, 0) is 0 Å². The normalized spacial score (nSPS) is 13.8. The van der Waals surface area contributed by atoms with Gasteiger partial charge in [-0.25, -0.2) is 0 Å². The van der Waals surface area contributed by atoms with Gasteiger partial charge in [0.25, 0.3) is 0 Å². The van der Waals surface area contributed by atoms with Crippen molar-refractivity contribution in [2.75, 3.05) is 0 Å². The largest absolute Gasteiger partial charge is 0.368 e. The third-order valence-electron chi connectivity index (χ3n) is 1.75. The summed E-state index contributed by atoms with van der Waals surface area (Å²) in [7, 11) is 0. The van der Waals surface area contributed by atoms with Gasteiger partial charge in [0, 0.05) is 6.42 Å². The molecule has 0 radical (unpaired) electrons. The molecule has 0 aliphatic rings. The molecule has 0 atom stereocenters. The van der Waals surface area contributed by atoms with Gasteiger partial charge in [0.05, 0.1) is 0 Å². The van der Waals surface area contributed by atoms with Crippen LogP contribution in [0.15, 0.2) is 11.1 Å². The van der Waals surface area contributed by atoms with E-state index in [2.05, 4.69) is 6.92 Å². The van der Waals surface area contributed by atoms with Gasteiger partial charge in [-0.15, -0.1) is 0 Å². The molecule has 0 aromatic heterocycles. The van der Waals surface area contributed by atoms with Crippen molar-refractivity contribution in [1.82, 2.24) is 0 Å². The average molecular weight is 144 g/mol. The van der Waals surface area contributed by atoms with Crippen molar-refractivity contribution >= 4 is 0 Å². The zero-order chi connectivity index (χ0) is 8.15. The number of aliphatic hydroxyl groups excluding tert-OH is 1. The van der Waals surface area contributed by atoms with Crippen molar-refractivity contribution < 1.29 is 10.2 Å². The lowest BCUT2D eigenvalue weighted by atomic mass is 10.1. The molecule has 60 valence electrons. The van der Waals surface area contributed by atoms with Gasteiger partial charge >= 0.3 is 0 Å². The van der Waals surface area contributed by atoms with Gasteiger partial charge in [-0.05, 0) is 20.3 Å². The van der Waals surface area contributed by atoms with Crippen LogP contribution >= 0.6 is 0 Å². The highest BCUT2D eigenvalue weighted by Crippen LogP contribution is 2.11. The number of allylic oxidation sites excluding steroid dienone is 1. The van der Waals surface area contributed by atoms with Crippen molar-refractivity contribution in [1.29, 1.82) is 0 Å². The first kappa shape index (κ1) is 9.66. The summed E-state index contributed by atoms with van der Waals surface area (Å²) in [5.41, 5.74) is 2.32. The monoisotopic (exact) mass is 144 g/mol. The smallest absolute Gasteiger partial charge is 0.155 e. The molecular formula is C8H16O2. The Morgan fingerprint density at radius 1 is 1.20 bits per heavy atom. The molecule has 0 amide bonds. The van der Waals surface area contributed by atoms with Gasteiger partial charge in [-0.1, -0.05) is 18.1 Å². The molecule has 0 rings (SSSR count). The Morgan fingerprint density at radius 2 is 1.70 bits per heavy atom. The van der Waals surface area contributed by atoms with Gasteiger partial charge in [0.15, 0.2) is 6.29 Å². The second kappa shape index (κ2) is 4.47. The Morgan fingerprint density at radius 3 is 2.00 bits per heavy atom. The SMILES string of the molecule is CC/C(C)=C(\C)CC(O)O. The highest BCUT2D eigenvalue weighted by atomic mass is 16.5. The first-order valence-electron chi connectivity index (χ1n) is 3.59. The Bertz CT molecular complexity index is 125. The van der Waals surface area contributed by atoms with Crippen LogP contribution in [0.5, 0.6) is 0 Å². The van der Waals surface area contributed by atoms with Crippen LogP contribution in [0.2, 0.25) is 0 Å². The molecule has 0 spiro atoms. The molecule has 0 aromatic rings.